The van der Waals surface area contributed by atoms with E-state index in [-0.39, 0.29) is 0 Å². The highest BCUT2D eigenvalue weighted by Crippen LogP contribution is 2.47. The number of pyridine rings is 1. The monoisotopic (exact) mass is 752 g/mol. The van der Waals surface area contributed by atoms with Gasteiger partial charge in [0.25, 0.3) is 0 Å². The fourth-order valence-electron chi connectivity index (χ4n) is 9.99. The van der Waals surface area contributed by atoms with E-state index in [2.05, 4.69) is 198 Å². The van der Waals surface area contributed by atoms with E-state index in [1.54, 1.807) is 0 Å². The lowest BCUT2D eigenvalue weighted by molar-refractivity contribution is 0.648. The Morgan fingerprint density at radius 3 is 1.81 bits per heavy atom. The Kier molecular flexibility index (Phi) is 7.84. The molecule has 0 aliphatic heterocycles. The van der Waals surface area contributed by atoms with Gasteiger partial charge in [0.15, 0.2) is 0 Å². The Morgan fingerprint density at radius 2 is 1.10 bits per heavy atom. The van der Waals surface area contributed by atoms with Gasteiger partial charge in [-0.1, -0.05) is 152 Å². The van der Waals surface area contributed by atoms with Gasteiger partial charge in [-0.05, 0) is 144 Å². The van der Waals surface area contributed by atoms with Crippen LogP contribution in [0.1, 0.15) is 30.0 Å². The quantitative estimate of drug-likeness (QED) is 0.171. The van der Waals surface area contributed by atoms with E-state index in [1.807, 2.05) is 12.4 Å². The van der Waals surface area contributed by atoms with Crippen LogP contribution in [-0.2, 0) is 6.42 Å². The second-order valence-electron chi connectivity index (χ2n) is 16.2. The molecule has 0 spiro atoms. The van der Waals surface area contributed by atoms with Gasteiger partial charge >= 0.3 is 0 Å². The summed E-state index contributed by atoms with van der Waals surface area (Å²) in [5, 5.41) is 10.1. The van der Waals surface area contributed by atoms with E-state index in [0.717, 1.165) is 19.3 Å². The molecule has 8 aromatic carbocycles. The van der Waals surface area contributed by atoms with Crippen LogP contribution in [0.3, 0.4) is 0 Å². The first-order valence-electron chi connectivity index (χ1n) is 20.8. The first-order chi connectivity index (χ1) is 29.2. The van der Waals surface area contributed by atoms with Crippen LogP contribution in [0.5, 0.6) is 0 Å². The van der Waals surface area contributed by atoms with Gasteiger partial charge in [0.2, 0.25) is 0 Å². The minimum absolute atomic E-state index is 0.293. The summed E-state index contributed by atoms with van der Waals surface area (Å²) >= 11 is 0. The van der Waals surface area contributed by atoms with Crippen molar-refractivity contribution in [2.24, 2.45) is 0 Å². The molecular formula is C57H40N2. The molecule has 59 heavy (non-hydrogen) atoms. The van der Waals surface area contributed by atoms with Gasteiger partial charge in [-0.3, -0.25) is 4.98 Å². The molecule has 0 fully saturated rings. The third-order valence-electron chi connectivity index (χ3n) is 12.8. The van der Waals surface area contributed by atoms with Gasteiger partial charge in [0.1, 0.15) is 0 Å². The van der Waals surface area contributed by atoms with Crippen molar-refractivity contribution < 1.29 is 0 Å². The standard InChI is InChI=1S/C57H40N2/c1-2-14-47(15-3-1)59-54-29-27-44(34-51(54)53-36-58-31-30-55(53)59)40-20-18-39(19-21-40)43-26-28-50-52(35-43)57(46-25-23-38-11-5-7-13-42(38)33-46)49-17-9-8-16-48(49)56(50)45-24-22-37-10-4-6-12-41(37)32-45/h1-8,10-14,16,18-36,47H,9,15,17H2. The van der Waals surface area contributed by atoms with E-state index in [9.17, 15) is 0 Å². The summed E-state index contributed by atoms with van der Waals surface area (Å²) in [6.07, 6.45) is 20.6. The SMILES string of the molecule is C1=CCC(n2c3ccncc3c3cc(-c4ccc(-c5ccc6c(-c7ccc8ccccc8c7)c7c(c(-c8ccc9ccccc9c8)c6c5)CCC=C7)cc4)ccc32)C=C1. The number of aromatic nitrogens is 2. The highest BCUT2D eigenvalue weighted by molar-refractivity contribution is 6.13. The fourth-order valence-corrected chi connectivity index (χ4v) is 9.99. The van der Waals surface area contributed by atoms with Crippen LogP contribution >= 0.6 is 0 Å². The number of hydrogen-bond donors (Lipinski definition) is 0. The second-order valence-corrected chi connectivity index (χ2v) is 16.2. The van der Waals surface area contributed by atoms with Crippen LogP contribution in [0.25, 0.3) is 105 Å². The molecule has 2 aromatic heterocycles. The van der Waals surface area contributed by atoms with Gasteiger partial charge in [-0.2, -0.15) is 0 Å². The lowest BCUT2D eigenvalue weighted by Gasteiger charge is -2.24. The van der Waals surface area contributed by atoms with Crippen molar-refractivity contribution in [2.45, 2.75) is 25.3 Å². The molecule has 1 unspecified atom stereocenters. The zero-order valence-electron chi connectivity index (χ0n) is 32.6. The van der Waals surface area contributed by atoms with Gasteiger partial charge in [-0.15, -0.1) is 0 Å². The van der Waals surface area contributed by atoms with Crippen LogP contribution in [0, 0.1) is 0 Å². The zero-order valence-corrected chi connectivity index (χ0v) is 32.6. The molecule has 2 heteroatoms. The van der Waals surface area contributed by atoms with E-state index >= 15 is 0 Å². The maximum atomic E-state index is 4.54. The van der Waals surface area contributed by atoms with Crippen LogP contribution in [0.15, 0.2) is 194 Å². The Labute approximate surface area is 343 Å². The average molecular weight is 753 g/mol. The summed E-state index contributed by atoms with van der Waals surface area (Å²) in [6.45, 7) is 0. The minimum atomic E-state index is 0.293. The van der Waals surface area contributed by atoms with E-state index < -0.39 is 0 Å². The summed E-state index contributed by atoms with van der Waals surface area (Å²) in [6, 6.07) is 57.1. The predicted molar refractivity (Wildman–Crippen MR) is 251 cm³/mol. The number of nitrogens with zero attached hydrogens (tertiary/aromatic N) is 2. The van der Waals surface area contributed by atoms with Crippen molar-refractivity contribution in [1.29, 1.82) is 0 Å². The van der Waals surface area contributed by atoms with Gasteiger partial charge in [0, 0.05) is 28.7 Å². The molecule has 2 aliphatic carbocycles. The Balaban J connectivity index is 1.01. The molecule has 0 saturated heterocycles. The largest absolute Gasteiger partial charge is 0.333 e. The molecule has 278 valence electrons. The van der Waals surface area contributed by atoms with Gasteiger partial charge < -0.3 is 4.57 Å². The van der Waals surface area contributed by atoms with Crippen LogP contribution in [0.2, 0.25) is 0 Å². The fraction of sp³-hybridized carbons (Fsp3) is 0.0702. The number of rotatable bonds is 5. The molecule has 0 saturated carbocycles. The highest BCUT2D eigenvalue weighted by atomic mass is 15.0. The second kappa shape index (κ2) is 13.7. The van der Waals surface area contributed by atoms with Crippen molar-refractivity contribution in [3.8, 4) is 44.5 Å². The van der Waals surface area contributed by atoms with E-state index in [4.69, 9.17) is 0 Å². The van der Waals surface area contributed by atoms with Crippen molar-refractivity contribution in [3.63, 3.8) is 0 Å². The molecule has 0 bridgehead atoms. The van der Waals surface area contributed by atoms with E-state index in [1.165, 1.54) is 110 Å². The zero-order chi connectivity index (χ0) is 38.9. The third kappa shape index (κ3) is 5.59. The first kappa shape index (κ1) is 33.8. The molecular weight excluding hydrogens is 713 g/mol. The molecule has 2 aliphatic rings. The summed E-state index contributed by atoms with van der Waals surface area (Å²) in [5.41, 5.74) is 15.3. The Morgan fingerprint density at radius 1 is 0.475 bits per heavy atom. The summed E-state index contributed by atoms with van der Waals surface area (Å²) in [5.74, 6) is 0. The molecule has 0 radical (unpaired) electrons. The summed E-state index contributed by atoms with van der Waals surface area (Å²) < 4.78 is 2.48. The van der Waals surface area contributed by atoms with Gasteiger partial charge in [0.05, 0.1) is 11.6 Å². The average Bonchev–Trinajstić information content (AvgIpc) is 3.64. The Bertz CT molecular complexity index is 3410. The summed E-state index contributed by atoms with van der Waals surface area (Å²) in [4.78, 5) is 4.54. The lowest BCUT2D eigenvalue weighted by atomic mass is 9.79. The Hall–Kier alpha value is -7.29. The molecule has 0 amide bonds. The molecule has 2 heterocycles. The summed E-state index contributed by atoms with van der Waals surface area (Å²) in [7, 11) is 0. The predicted octanol–water partition coefficient (Wildman–Crippen LogP) is 15.3. The first-order valence-corrected chi connectivity index (χ1v) is 20.8. The van der Waals surface area contributed by atoms with Crippen molar-refractivity contribution in [2.75, 3.05) is 0 Å². The lowest BCUT2D eigenvalue weighted by Crippen LogP contribution is -2.06. The molecule has 0 N–H and O–H groups in total. The highest BCUT2D eigenvalue weighted by Gasteiger charge is 2.23. The maximum absolute atomic E-state index is 4.54. The number of benzene rings is 8. The molecule has 12 rings (SSSR count). The maximum Gasteiger partial charge on any atom is 0.0560 e. The third-order valence-corrected chi connectivity index (χ3v) is 12.8. The number of fused-ring (bicyclic) bond motifs is 7. The van der Waals surface area contributed by atoms with Gasteiger partial charge in [-0.25, -0.2) is 0 Å². The van der Waals surface area contributed by atoms with E-state index in [0.29, 0.717) is 6.04 Å². The molecule has 10 aromatic rings. The van der Waals surface area contributed by atoms with Crippen molar-refractivity contribution >= 4 is 60.2 Å². The van der Waals surface area contributed by atoms with Crippen LogP contribution in [-0.4, -0.2) is 9.55 Å². The normalized spacial score (nSPS) is 14.9. The van der Waals surface area contributed by atoms with Crippen molar-refractivity contribution in [3.05, 3.63) is 206 Å². The molecule has 1 atom stereocenters. The van der Waals surface area contributed by atoms with Crippen LogP contribution in [0.4, 0.5) is 0 Å². The minimum Gasteiger partial charge on any atom is -0.333 e. The van der Waals surface area contributed by atoms with Crippen LogP contribution < -0.4 is 0 Å². The smallest absolute Gasteiger partial charge is 0.0560 e. The number of allylic oxidation sites excluding steroid dienone is 5. The van der Waals surface area contributed by atoms with Crippen molar-refractivity contribution in [1.82, 2.24) is 9.55 Å². The number of hydrogen-bond acceptors (Lipinski definition) is 1. The topological polar surface area (TPSA) is 17.8 Å². The molecule has 2 nitrogen and oxygen atoms in total.